The number of halogens is 2. The molecule has 2 rings (SSSR count). The maximum atomic E-state index is 12.0. The van der Waals surface area contributed by atoms with Crippen molar-refractivity contribution in [1.82, 2.24) is 10.3 Å². The smallest absolute Gasteiger partial charge is 0.251 e. The summed E-state index contributed by atoms with van der Waals surface area (Å²) in [5.74, 6) is -0.103. The Balaban J connectivity index is 2.04. The number of nitrogens with zero attached hydrogens (tertiary/aromatic N) is 1. The Morgan fingerprint density at radius 2 is 1.72 bits per heavy atom. The van der Waals surface area contributed by atoms with Crippen molar-refractivity contribution in [1.29, 1.82) is 0 Å². The van der Waals surface area contributed by atoms with Crippen molar-refractivity contribution in [2.75, 3.05) is 0 Å². The number of hydrogen-bond donors (Lipinski definition) is 1. The summed E-state index contributed by atoms with van der Waals surface area (Å²) in [6.45, 7) is 0.492. The van der Waals surface area contributed by atoms with Gasteiger partial charge in [-0.25, -0.2) is 0 Å². The molecule has 0 atom stereocenters. The van der Waals surface area contributed by atoms with Crippen LogP contribution in [0.2, 0.25) is 0 Å². The Morgan fingerprint density at radius 1 is 1.11 bits per heavy atom. The normalized spacial score (nSPS) is 10.1. The number of nitrogens with one attached hydrogen (secondary N) is 1. The maximum absolute atomic E-state index is 12.0. The first-order chi connectivity index (χ1) is 8.65. The molecule has 0 saturated heterocycles. The van der Waals surface area contributed by atoms with Crippen LogP contribution in [0.1, 0.15) is 15.9 Å². The second-order valence-electron chi connectivity index (χ2n) is 3.70. The lowest BCUT2D eigenvalue weighted by Gasteiger charge is -2.06. The van der Waals surface area contributed by atoms with Gasteiger partial charge in [0.1, 0.15) is 0 Å². The van der Waals surface area contributed by atoms with Gasteiger partial charge in [0.25, 0.3) is 5.91 Å². The van der Waals surface area contributed by atoms with E-state index in [1.54, 1.807) is 24.5 Å². The fourth-order valence-electron chi connectivity index (χ4n) is 1.47. The highest BCUT2D eigenvalue weighted by Crippen LogP contribution is 2.20. The summed E-state index contributed by atoms with van der Waals surface area (Å²) in [5.41, 5.74) is 1.64. The SMILES string of the molecule is O=C(NCc1ccncc1)c1cc(Br)cc(Br)c1. The van der Waals surface area contributed by atoms with Crippen LogP contribution in [0, 0.1) is 0 Å². The topological polar surface area (TPSA) is 42.0 Å². The van der Waals surface area contributed by atoms with Gasteiger partial charge in [0.2, 0.25) is 0 Å². The van der Waals surface area contributed by atoms with Gasteiger partial charge in [0.05, 0.1) is 0 Å². The quantitative estimate of drug-likeness (QED) is 0.899. The third kappa shape index (κ3) is 3.65. The summed E-state index contributed by atoms with van der Waals surface area (Å²) in [4.78, 5) is 15.9. The van der Waals surface area contributed by atoms with Crippen molar-refractivity contribution >= 4 is 37.8 Å². The van der Waals surface area contributed by atoms with Gasteiger partial charge in [-0.15, -0.1) is 0 Å². The van der Waals surface area contributed by atoms with Gasteiger partial charge in [-0.1, -0.05) is 31.9 Å². The minimum absolute atomic E-state index is 0.103. The van der Waals surface area contributed by atoms with Gasteiger partial charge in [-0.3, -0.25) is 9.78 Å². The highest BCUT2D eigenvalue weighted by Gasteiger charge is 2.07. The number of rotatable bonds is 3. The zero-order valence-corrected chi connectivity index (χ0v) is 12.5. The molecule has 0 spiro atoms. The molecule has 0 unspecified atom stereocenters. The molecule has 1 heterocycles. The van der Waals surface area contributed by atoms with E-state index in [0.29, 0.717) is 12.1 Å². The Hall–Kier alpha value is -1.20. The molecule has 0 aliphatic carbocycles. The lowest BCUT2D eigenvalue weighted by Crippen LogP contribution is -2.22. The first-order valence-corrected chi connectivity index (χ1v) is 6.87. The summed E-state index contributed by atoms with van der Waals surface area (Å²) in [7, 11) is 0. The molecular formula is C13H10Br2N2O. The Kier molecular flexibility index (Phi) is 4.49. The van der Waals surface area contributed by atoms with Crippen molar-refractivity contribution in [3.63, 3.8) is 0 Å². The third-order valence-electron chi connectivity index (χ3n) is 2.33. The van der Waals surface area contributed by atoms with E-state index in [-0.39, 0.29) is 5.91 Å². The zero-order chi connectivity index (χ0) is 13.0. The summed E-state index contributed by atoms with van der Waals surface area (Å²) < 4.78 is 1.73. The molecule has 5 heteroatoms. The highest BCUT2D eigenvalue weighted by atomic mass is 79.9. The molecule has 3 nitrogen and oxygen atoms in total. The van der Waals surface area contributed by atoms with Crippen LogP contribution in [-0.4, -0.2) is 10.9 Å². The van der Waals surface area contributed by atoms with Crippen LogP contribution in [0.5, 0.6) is 0 Å². The van der Waals surface area contributed by atoms with Crippen LogP contribution in [0.3, 0.4) is 0 Å². The van der Waals surface area contributed by atoms with Crippen LogP contribution in [0.25, 0.3) is 0 Å². The molecule has 92 valence electrons. The third-order valence-corrected chi connectivity index (χ3v) is 3.24. The molecule has 0 bridgehead atoms. The molecular weight excluding hydrogens is 360 g/mol. The van der Waals surface area contributed by atoms with Gasteiger partial charge in [-0.05, 0) is 35.9 Å². The lowest BCUT2D eigenvalue weighted by atomic mass is 10.2. The fraction of sp³-hybridized carbons (Fsp3) is 0.0769. The average Bonchev–Trinajstić information content (AvgIpc) is 2.36. The van der Waals surface area contributed by atoms with E-state index in [2.05, 4.69) is 42.2 Å². The molecule has 1 N–H and O–H groups in total. The van der Waals surface area contributed by atoms with E-state index >= 15 is 0 Å². The molecule has 0 aliphatic rings. The molecule has 0 aliphatic heterocycles. The molecule has 18 heavy (non-hydrogen) atoms. The van der Waals surface area contributed by atoms with Gasteiger partial charge in [0, 0.05) is 33.4 Å². The predicted molar refractivity (Wildman–Crippen MR) is 77.2 cm³/mol. The summed E-state index contributed by atoms with van der Waals surface area (Å²) in [5, 5.41) is 2.86. The van der Waals surface area contributed by atoms with Crippen LogP contribution < -0.4 is 5.32 Å². The highest BCUT2D eigenvalue weighted by molar-refractivity contribution is 9.11. The molecule has 0 saturated carbocycles. The van der Waals surface area contributed by atoms with Crippen LogP contribution in [-0.2, 0) is 6.54 Å². The number of benzene rings is 1. The van der Waals surface area contributed by atoms with Gasteiger partial charge >= 0.3 is 0 Å². The molecule has 0 fully saturated rings. The molecule has 2 aromatic rings. The lowest BCUT2D eigenvalue weighted by molar-refractivity contribution is 0.0951. The summed E-state index contributed by atoms with van der Waals surface area (Å²) in [6.07, 6.45) is 3.41. The minimum atomic E-state index is -0.103. The van der Waals surface area contributed by atoms with Crippen LogP contribution in [0.4, 0.5) is 0 Å². The Labute approximate surface area is 122 Å². The number of carbonyl (C=O) groups excluding carboxylic acids is 1. The second kappa shape index (κ2) is 6.11. The Bertz CT molecular complexity index is 538. The minimum Gasteiger partial charge on any atom is -0.348 e. The van der Waals surface area contributed by atoms with Crippen LogP contribution >= 0.6 is 31.9 Å². The summed E-state index contributed by atoms with van der Waals surface area (Å²) >= 11 is 6.72. The first-order valence-electron chi connectivity index (χ1n) is 5.28. The monoisotopic (exact) mass is 368 g/mol. The van der Waals surface area contributed by atoms with Crippen molar-refractivity contribution in [3.05, 3.63) is 62.8 Å². The van der Waals surface area contributed by atoms with E-state index < -0.39 is 0 Å². The average molecular weight is 370 g/mol. The van der Waals surface area contributed by atoms with Gasteiger partial charge in [0.15, 0.2) is 0 Å². The number of aromatic nitrogens is 1. The standard InChI is InChI=1S/C13H10Br2N2O/c14-11-5-10(6-12(15)7-11)13(18)17-8-9-1-3-16-4-2-9/h1-7H,8H2,(H,17,18). The summed E-state index contributed by atoms with van der Waals surface area (Å²) in [6, 6.07) is 9.20. The van der Waals surface area contributed by atoms with E-state index in [4.69, 9.17) is 0 Å². The molecule has 0 radical (unpaired) electrons. The number of pyridine rings is 1. The van der Waals surface area contributed by atoms with Gasteiger partial charge < -0.3 is 5.32 Å². The molecule has 1 amide bonds. The number of hydrogen-bond acceptors (Lipinski definition) is 2. The fourth-order valence-corrected chi connectivity index (χ4v) is 2.76. The van der Waals surface area contributed by atoms with E-state index in [9.17, 15) is 4.79 Å². The first kappa shape index (κ1) is 13.2. The van der Waals surface area contributed by atoms with Crippen molar-refractivity contribution < 1.29 is 4.79 Å². The van der Waals surface area contributed by atoms with E-state index in [0.717, 1.165) is 14.5 Å². The van der Waals surface area contributed by atoms with Crippen molar-refractivity contribution in [2.24, 2.45) is 0 Å². The largest absolute Gasteiger partial charge is 0.348 e. The van der Waals surface area contributed by atoms with Crippen LogP contribution in [0.15, 0.2) is 51.7 Å². The van der Waals surface area contributed by atoms with Crippen molar-refractivity contribution in [3.8, 4) is 0 Å². The maximum Gasteiger partial charge on any atom is 0.251 e. The van der Waals surface area contributed by atoms with Crippen molar-refractivity contribution in [2.45, 2.75) is 6.54 Å². The number of carbonyl (C=O) groups is 1. The molecule has 1 aromatic heterocycles. The van der Waals surface area contributed by atoms with Gasteiger partial charge in [-0.2, -0.15) is 0 Å². The Morgan fingerprint density at radius 3 is 2.33 bits per heavy atom. The second-order valence-corrected chi connectivity index (χ2v) is 5.53. The zero-order valence-electron chi connectivity index (χ0n) is 9.36. The molecule has 1 aromatic carbocycles. The van der Waals surface area contributed by atoms with E-state index in [1.807, 2.05) is 18.2 Å². The van der Waals surface area contributed by atoms with E-state index in [1.165, 1.54) is 0 Å². The predicted octanol–water partition coefficient (Wildman–Crippen LogP) is 3.54. The number of amides is 1.